The number of carbonyl (C=O) groups excluding carboxylic acids is 1. The Labute approximate surface area is 120 Å². The Morgan fingerprint density at radius 3 is 2.62 bits per heavy atom. The number of ether oxygens (including phenoxy) is 1. The lowest BCUT2D eigenvalue weighted by Crippen LogP contribution is -2.25. The van der Waals surface area contributed by atoms with Crippen LogP contribution in [-0.4, -0.2) is 26.2 Å². The number of rotatable bonds is 7. The number of carbonyl (C=O) groups is 1. The second-order valence-corrected chi connectivity index (χ2v) is 4.36. The summed E-state index contributed by atoms with van der Waals surface area (Å²) in [6, 6.07) is 3.19. The number of hydrogen-bond acceptors (Lipinski definition) is 4. The maximum atomic E-state index is 12.8. The number of nitrogens with one attached hydrogen (secondary N) is 2. The van der Waals surface area contributed by atoms with Crippen LogP contribution >= 0.6 is 0 Å². The van der Waals surface area contributed by atoms with Crippen molar-refractivity contribution in [3.8, 4) is 0 Å². The van der Waals surface area contributed by atoms with Gasteiger partial charge in [0.1, 0.15) is 0 Å². The van der Waals surface area contributed by atoms with Gasteiger partial charge in [-0.2, -0.15) is 13.2 Å². The molecule has 0 atom stereocenters. The lowest BCUT2D eigenvalue weighted by atomic mass is 10.1. The SMILES string of the molecule is COCCCCNC(=O)c1ccc(NN)c(C(F)(F)F)c1. The fourth-order valence-corrected chi connectivity index (χ4v) is 1.72. The molecule has 1 aromatic carbocycles. The number of halogens is 3. The first-order valence-electron chi connectivity index (χ1n) is 6.35. The highest BCUT2D eigenvalue weighted by Crippen LogP contribution is 2.35. The molecule has 1 aromatic rings. The third kappa shape index (κ3) is 5.24. The van der Waals surface area contributed by atoms with Crippen LogP contribution in [0.3, 0.4) is 0 Å². The van der Waals surface area contributed by atoms with E-state index in [0.717, 1.165) is 18.6 Å². The van der Waals surface area contributed by atoms with Gasteiger partial charge in [0.2, 0.25) is 0 Å². The van der Waals surface area contributed by atoms with Crippen LogP contribution in [-0.2, 0) is 10.9 Å². The molecule has 0 saturated heterocycles. The van der Waals surface area contributed by atoms with Gasteiger partial charge in [0.05, 0.1) is 11.3 Å². The molecule has 1 amide bonds. The molecule has 0 heterocycles. The van der Waals surface area contributed by atoms with E-state index in [9.17, 15) is 18.0 Å². The predicted molar refractivity (Wildman–Crippen MR) is 72.7 cm³/mol. The van der Waals surface area contributed by atoms with Crippen molar-refractivity contribution in [2.75, 3.05) is 25.7 Å². The molecule has 0 bridgehead atoms. The highest BCUT2D eigenvalue weighted by atomic mass is 19.4. The molecule has 0 aliphatic carbocycles. The van der Waals surface area contributed by atoms with Crippen molar-refractivity contribution in [1.82, 2.24) is 5.32 Å². The van der Waals surface area contributed by atoms with Crippen molar-refractivity contribution in [1.29, 1.82) is 0 Å². The van der Waals surface area contributed by atoms with Crippen LogP contribution in [0.2, 0.25) is 0 Å². The van der Waals surface area contributed by atoms with Crippen molar-refractivity contribution >= 4 is 11.6 Å². The number of benzene rings is 1. The van der Waals surface area contributed by atoms with Crippen LogP contribution in [0.1, 0.15) is 28.8 Å². The zero-order valence-corrected chi connectivity index (χ0v) is 11.6. The zero-order chi connectivity index (χ0) is 15.9. The molecular weight excluding hydrogens is 287 g/mol. The Kier molecular flexibility index (Phi) is 6.44. The molecule has 0 unspecified atom stereocenters. The van der Waals surface area contributed by atoms with Gasteiger partial charge in [-0.25, -0.2) is 0 Å². The minimum absolute atomic E-state index is 0.0620. The smallest absolute Gasteiger partial charge is 0.385 e. The minimum Gasteiger partial charge on any atom is -0.385 e. The Balaban J connectivity index is 2.73. The second kappa shape index (κ2) is 7.84. The van der Waals surface area contributed by atoms with Gasteiger partial charge in [-0.15, -0.1) is 0 Å². The number of hydrogen-bond donors (Lipinski definition) is 3. The zero-order valence-electron chi connectivity index (χ0n) is 11.6. The summed E-state index contributed by atoms with van der Waals surface area (Å²) in [7, 11) is 1.57. The summed E-state index contributed by atoms with van der Waals surface area (Å²) in [5.41, 5.74) is 0.653. The first-order valence-corrected chi connectivity index (χ1v) is 6.35. The topological polar surface area (TPSA) is 76.4 Å². The van der Waals surface area contributed by atoms with Gasteiger partial charge >= 0.3 is 6.18 Å². The van der Waals surface area contributed by atoms with Crippen LogP contribution < -0.4 is 16.6 Å². The van der Waals surface area contributed by atoms with Crippen LogP contribution in [0.15, 0.2) is 18.2 Å². The highest BCUT2D eigenvalue weighted by Gasteiger charge is 2.34. The van der Waals surface area contributed by atoms with Crippen molar-refractivity contribution in [3.05, 3.63) is 29.3 Å². The van der Waals surface area contributed by atoms with Gasteiger partial charge in [-0.05, 0) is 31.0 Å². The van der Waals surface area contributed by atoms with Crippen molar-refractivity contribution in [3.63, 3.8) is 0 Å². The van der Waals surface area contributed by atoms with E-state index in [1.54, 1.807) is 7.11 Å². The lowest BCUT2D eigenvalue weighted by molar-refractivity contribution is -0.137. The minimum atomic E-state index is -4.59. The van der Waals surface area contributed by atoms with Gasteiger partial charge in [0.15, 0.2) is 0 Å². The first kappa shape index (κ1) is 17.3. The summed E-state index contributed by atoms with van der Waals surface area (Å²) in [6.07, 6.45) is -3.13. The van der Waals surface area contributed by atoms with Gasteiger partial charge in [0, 0.05) is 25.8 Å². The maximum absolute atomic E-state index is 12.8. The average Bonchev–Trinajstić information content (AvgIpc) is 2.45. The Bertz CT molecular complexity index is 478. The molecule has 118 valence electrons. The summed E-state index contributed by atoms with van der Waals surface area (Å²) < 4.78 is 43.3. The lowest BCUT2D eigenvalue weighted by Gasteiger charge is -2.14. The summed E-state index contributed by atoms with van der Waals surface area (Å²) in [4.78, 5) is 11.8. The molecule has 0 aromatic heterocycles. The number of nitrogen functional groups attached to an aromatic ring is 1. The van der Waals surface area contributed by atoms with E-state index in [0.29, 0.717) is 19.6 Å². The molecule has 0 fully saturated rings. The Morgan fingerprint density at radius 2 is 2.05 bits per heavy atom. The number of hydrazine groups is 1. The molecule has 0 aliphatic rings. The van der Waals surface area contributed by atoms with Gasteiger partial charge in [-0.3, -0.25) is 10.6 Å². The molecule has 0 radical (unpaired) electrons. The summed E-state index contributed by atoms with van der Waals surface area (Å²) in [5.74, 6) is 4.48. The number of anilines is 1. The highest BCUT2D eigenvalue weighted by molar-refractivity contribution is 5.94. The van der Waals surface area contributed by atoms with E-state index in [1.807, 2.05) is 5.43 Å². The van der Waals surface area contributed by atoms with Crippen molar-refractivity contribution < 1.29 is 22.7 Å². The quantitative estimate of drug-likeness (QED) is 0.410. The van der Waals surface area contributed by atoms with E-state index in [4.69, 9.17) is 10.6 Å². The Morgan fingerprint density at radius 1 is 1.33 bits per heavy atom. The fraction of sp³-hybridized carbons (Fsp3) is 0.462. The molecule has 8 heteroatoms. The molecule has 0 saturated carbocycles. The molecule has 0 aliphatic heterocycles. The van der Waals surface area contributed by atoms with E-state index in [2.05, 4.69) is 5.32 Å². The first-order chi connectivity index (χ1) is 9.90. The van der Waals surface area contributed by atoms with Crippen molar-refractivity contribution in [2.24, 2.45) is 5.84 Å². The van der Waals surface area contributed by atoms with E-state index in [1.165, 1.54) is 6.07 Å². The van der Waals surface area contributed by atoms with Gasteiger partial charge < -0.3 is 15.5 Å². The molecule has 4 N–H and O–H groups in total. The normalized spacial score (nSPS) is 11.3. The van der Waals surface area contributed by atoms with E-state index in [-0.39, 0.29) is 11.3 Å². The summed E-state index contributed by atoms with van der Waals surface area (Å²) >= 11 is 0. The fourth-order valence-electron chi connectivity index (χ4n) is 1.72. The maximum Gasteiger partial charge on any atom is 0.418 e. The molecule has 21 heavy (non-hydrogen) atoms. The molecule has 1 rings (SSSR count). The average molecular weight is 305 g/mol. The predicted octanol–water partition coefficient (Wildman–Crippen LogP) is 2.15. The van der Waals surface area contributed by atoms with Crippen LogP contribution in [0.25, 0.3) is 0 Å². The standard InChI is InChI=1S/C13H18F3N3O2/c1-21-7-3-2-6-18-12(20)9-4-5-11(19-17)10(8-9)13(14,15)16/h4-5,8,19H,2-3,6-7,17H2,1H3,(H,18,20). The van der Waals surface area contributed by atoms with Gasteiger partial charge in [-0.1, -0.05) is 0 Å². The van der Waals surface area contributed by atoms with Crippen LogP contribution in [0.5, 0.6) is 0 Å². The van der Waals surface area contributed by atoms with Gasteiger partial charge in [0.25, 0.3) is 5.91 Å². The number of alkyl halides is 3. The summed E-state index contributed by atoms with van der Waals surface area (Å²) in [5, 5.41) is 2.56. The largest absolute Gasteiger partial charge is 0.418 e. The van der Waals surface area contributed by atoms with E-state index >= 15 is 0 Å². The third-order valence-corrected chi connectivity index (χ3v) is 2.80. The number of nitrogens with two attached hydrogens (primary N) is 1. The molecule has 5 nitrogen and oxygen atoms in total. The summed E-state index contributed by atoms with van der Waals surface area (Å²) in [6.45, 7) is 0.950. The second-order valence-electron chi connectivity index (χ2n) is 4.36. The van der Waals surface area contributed by atoms with Crippen LogP contribution in [0.4, 0.5) is 18.9 Å². The van der Waals surface area contributed by atoms with Crippen molar-refractivity contribution in [2.45, 2.75) is 19.0 Å². The number of amides is 1. The number of unbranched alkanes of at least 4 members (excludes halogenated alkanes) is 1. The van der Waals surface area contributed by atoms with Crippen LogP contribution in [0, 0.1) is 0 Å². The Hall–Kier alpha value is -1.80. The number of methoxy groups -OCH3 is 1. The monoisotopic (exact) mass is 305 g/mol. The third-order valence-electron chi connectivity index (χ3n) is 2.80. The molecular formula is C13H18F3N3O2. The molecule has 0 spiro atoms. The van der Waals surface area contributed by atoms with E-state index < -0.39 is 17.6 Å².